The quantitative estimate of drug-likeness (QED) is 0.354. The van der Waals surface area contributed by atoms with Gasteiger partial charge in [-0.05, 0) is 43.4 Å². The van der Waals surface area contributed by atoms with Gasteiger partial charge < -0.3 is 20.3 Å². The van der Waals surface area contributed by atoms with Crippen LogP contribution in [-0.4, -0.2) is 48.1 Å². The zero-order valence-electron chi connectivity index (χ0n) is 19.3. The predicted octanol–water partition coefficient (Wildman–Crippen LogP) is 3.51. The van der Waals surface area contributed by atoms with Gasteiger partial charge in [-0.1, -0.05) is 48.5 Å². The standard InChI is InChI=1S/C26H29N5O3/c1-2-34-23(32)18-28-25(33)21-17-29-26(31-16-14-20-12-6-7-13-22(20)31)30-24(21)27-15-8-11-19-9-4-3-5-10-19/h3-7,9-10,12-13,17H,2,8,11,14-16,18H2,1H3,(H,28,33)(H,27,29,30). The zero-order valence-corrected chi connectivity index (χ0v) is 19.3. The van der Waals surface area contributed by atoms with E-state index in [0.29, 0.717) is 23.9 Å². The van der Waals surface area contributed by atoms with E-state index in [1.165, 1.54) is 17.3 Å². The zero-order chi connectivity index (χ0) is 23.8. The number of carbonyl (C=O) groups excluding carboxylic acids is 2. The molecule has 1 aliphatic heterocycles. The average molecular weight is 460 g/mol. The minimum Gasteiger partial charge on any atom is -0.465 e. The average Bonchev–Trinajstić information content (AvgIpc) is 3.30. The molecule has 1 aliphatic rings. The highest BCUT2D eigenvalue weighted by molar-refractivity contribution is 6.00. The smallest absolute Gasteiger partial charge is 0.325 e. The van der Waals surface area contributed by atoms with Crippen LogP contribution in [0.25, 0.3) is 0 Å². The predicted molar refractivity (Wildman–Crippen MR) is 131 cm³/mol. The second-order valence-electron chi connectivity index (χ2n) is 7.97. The molecule has 0 spiro atoms. The third kappa shape index (κ3) is 5.70. The van der Waals surface area contributed by atoms with Crippen molar-refractivity contribution in [1.29, 1.82) is 0 Å². The van der Waals surface area contributed by atoms with Crippen LogP contribution in [0.1, 0.15) is 34.8 Å². The highest BCUT2D eigenvalue weighted by atomic mass is 16.5. The van der Waals surface area contributed by atoms with Crippen molar-refractivity contribution >= 4 is 29.3 Å². The molecule has 0 saturated heterocycles. The Bertz CT molecular complexity index is 1140. The van der Waals surface area contributed by atoms with Gasteiger partial charge in [-0.2, -0.15) is 4.98 Å². The van der Waals surface area contributed by atoms with Gasteiger partial charge in [0.1, 0.15) is 17.9 Å². The molecular formula is C26H29N5O3. The van der Waals surface area contributed by atoms with Crippen molar-refractivity contribution in [2.24, 2.45) is 0 Å². The molecule has 2 heterocycles. The summed E-state index contributed by atoms with van der Waals surface area (Å²) >= 11 is 0. The van der Waals surface area contributed by atoms with E-state index < -0.39 is 11.9 Å². The van der Waals surface area contributed by atoms with E-state index in [9.17, 15) is 9.59 Å². The summed E-state index contributed by atoms with van der Waals surface area (Å²) in [5.41, 5.74) is 3.88. The van der Waals surface area contributed by atoms with Gasteiger partial charge in [0.05, 0.1) is 6.61 Å². The number of esters is 1. The number of para-hydroxylation sites is 1. The van der Waals surface area contributed by atoms with E-state index in [1.807, 2.05) is 30.3 Å². The van der Waals surface area contributed by atoms with E-state index in [4.69, 9.17) is 9.72 Å². The molecule has 0 saturated carbocycles. The van der Waals surface area contributed by atoms with Gasteiger partial charge >= 0.3 is 5.97 Å². The lowest BCUT2D eigenvalue weighted by Crippen LogP contribution is -2.31. The van der Waals surface area contributed by atoms with Gasteiger partial charge in [0, 0.05) is 25.0 Å². The van der Waals surface area contributed by atoms with Crippen molar-refractivity contribution in [2.75, 3.05) is 36.5 Å². The van der Waals surface area contributed by atoms with Crippen molar-refractivity contribution in [1.82, 2.24) is 15.3 Å². The van der Waals surface area contributed by atoms with Gasteiger partial charge in [0.2, 0.25) is 5.95 Å². The van der Waals surface area contributed by atoms with Gasteiger partial charge in [-0.15, -0.1) is 0 Å². The van der Waals surface area contributed by atoms with Crippen LogP contribution in [0.3, 0.4) is 0 Å². The van der Waals surface area contributed by atoms with E-state index in [0.717, 1.165) is 31.5 Å². The van der Waals surface area contributed by atoms with Gasteiger partial charge in [0.15, 0.2) is 0 Å². The molecule has 0 aliphatic carbocycles. The third-order valence-electron chi connectivity index (χ3n) is 5.63. The maximum absolute atomic E-state index is 12.8. The van der Waals surface area contributed by atoms with Crippen LogP contribution in [0.4, 0.5) is 17.5 Å². The summed E-state index contributed by atoms with van der Waals surface area (Å²) in [5.74, 6) is 0.0765. The molecule has 0 unspecified atom stereocenters. The lowest BCUT2D eigenvalue weighted by atomic mass is 10.1. The Morgan fingerprint density at radius 2 is 1.88 bits per heavy atom. The monoisotopic (exact) mass is 459 g/mol. The van der Waals surface area contributed by atoms with Crippen molar-refractivity contribution in [3.8, 4) is 0 Å². The van der Waals surface area contributed by atoms with E-state index in [1.54, 1.807) is 6.92 Å². The van der Waals surface area contributed by atoms with Crippen molar-refractivity contribution in [2.45, 2.75) is 26.2 Å². The summed E-state index contributed by atoms with van der Waals surface area (Å²) in [6.45, 7) is 3.20. The fourth-order valence-electron chi connectivity index (χ4n) is 3.95. The van der Waals surface area contributed by atoms with E-state index in [-0.39, 0.29) is 13.2 Å². The van der Waals surface area contributed by atoms with Crippen LogP contribution < -0.4 is 15.5 Å². The van der Waals surface area contributed by atoms with Crippen LogP contribution in [0, 0.1) is 0 Å². The molecule has 3 aromatic rings. The maximum atomic E-state index is 12.8. The fraction of sp³-hybridized carbons (Fsp3) is 0.308. The first-order valence-electron chi connectivity index (χ1n) is 11.6. The van der Waals surface area contributed by atoms with E-state index in [2.05, 4.69) is 44.8 Å². The van der Waals surface area contributed by atoms with Crippen LogP contribution in [0.5, 0.6) is 0 Å². The lowest BCUT2D eigenvalue weighted by Gasteiger charge is -2.19. The molecule has 0 bridgehead atoms. The Hall–Kier alpha value is -3.94. The number of benzene rings is 2. The van der Waals surface area contributed by atoms with Gasteiger partial charge in [-0.3, -0.25) is 9.59 Å². The molecule has 8 nitrogen and oxygen atoms in total. The van der Waals surface area contributed by atoms with Gasteiger partial charge in [-0.25, -0.2) is 4.98 Å². The number of anilines is 3. The first-order valence-corrected chi connectivity index (χ1v) is 11.6. The Labute approximate surface area is 199 Å². The number of aromatic nitrogens is 2. The second-order valence-corrected chi connectivity index (χ2v) is 7.97. The number of rotatable bonds is 10. The normalized spacial score (nSPS) is 12.2. The van der Waals surface area contributed by atoms with Crippen molar-refractivity contribution in [3.63, 3.8) is 0 Å². The lowest BCUT2D eigenvalue weighted by molar-refractivity contribution is -0.141. The number of amides is 1. The highest BCUT2D eigenvalue weighted by Gasteiger charge is 2.24. The molecule has 0 atom stereocenters. The minimum absolute atomic E-state index is 0.207. The molecule has 2 N–H and O–H groups in total. The number of nitrogens with zero attached hydrogens (tertiary/aromatic N) is 3. The number of hydrogen-bond donors (Lipinski definition) is 2. The molecule has 176 valence electrons. The SMILES string of the molecule is CCOC(=O)CNC(=O)c1cnc(N2CCc3ccccc32)nc1NCCCc1ccccc1. The molecule has 4 rings (SSSR count). The first-order chi connectivity index (χ1) is 16.7. The Morgan fingerprint density at radius 3 is 2.71 bits per heavy atom. The molecule has 8 heteroatoms. The molecule has 2 aromatic carbocycles. The molecule has 0 radical (unpaired) electrons. The number of aryl methyl sites for hydroxylation is 1. The minimum atomic E-state index is -0.487. The highest BCUT2D eigenvalue weighted by Crippen LogP contribution is 2.33. The van der Waals surface area contributed by atoms with Crippen molar-refractivity contribution < 1.29 is 14.3 Å². The van der Waals surface area contributed by atoms with Crippen molar-refractivity contribution in [3.05, 3.63) is 77.5 Å². The molecular weight excluding hydrogens is 430 g/mol. The number of carbonyl (C=O) groups is 2. The van der Waals surface area contributed by atoms with Crippen LogP contribution >= 0.6 is 0 Å². The van der Waals surface area contributed by atoms with E-state index >= 15 is 0 Å². The number of fused-ring (bicyclic) bond motifs is 1. The summed E-state index contributed by atoms with van der Waals surface area (Å²) in [5, 5.41) is 5.91. The molecule has 0 fully saturated rings. The summed E-state index contributed by atoms with van der Waals surface area (Å²) in [7, 11) is 0. The second kappa shape index (κ2) is 11.3. The summed E-state index contributed by atoms with van der Waals surface area (Å²) in [6.07, 6.45) is 4.22. The fourth-order valence-corrected chi connectivity index (χ4v) is 3.95. The van der Waals surface area contributed by atoms with Crippen LogP contribution in [0.2, 0.25) is 0 Å². The van der Waals surface area contributed by atoms with Crippen LogP contribution in [0.15, 0.2) is 60.8 Å². The Kier molecular flexibility index (Phi) is 7.70. The molecule has 34 heavy (non-hydrogen) atoms. The van der Waals surface area contributed by atoms with Gasteiger partial charge in [0.25, 0.3) is 5.91 Å². The largest absolute Gasteiger partial charge is 0.465 e. The number of ether oxygens (including phenoxy) is 1. The summed E-state index contributed by atoms with van der Waals surface area (Å²) < 4.78 is 4.89. The maximum Gasteiger partial charge on any atom is 0.325 e. The summed E-state index contributed by atoms with van der Waals surface area (Å²) in [6, 6.07) is 18.4. The topological polar surface area (TPSA) is 96.4 Å². The first kappa shape index (κ1) is 23.2. The van der Waals surface area contributed by atoms with Crippen LogP contribution in [-0.2, 0) is 22.4 Å². The molecule has 1 aromatic heterocycles. The summed E-state index contributed by atoms with van der Waals surface area (Å²) in [4.78, 5) is 35.7. The number of nitrogens with one attached hydrogen (secondary N) is 2. The third-order valence-corrected chi connectivity index (χ3v) is 5.63. The Balaban J connectivity index is 1.50. The molecule has 1 amide bonds. The Morgan fingerprint density at radius 1 is 1.09 bits per heavy atom. The number of hydrogen-bond acceptors (Lipinski definition) is 7.